The molecule has 0 bridgehead atoms. The zero-order valence-electron chi connectivity index (χ0n) is 47.4. The first-order valence-electron chi connectivity index (χ1n) is 30.4. The van der Waals surface area contributed by atoms with Gasteiger partial charge in [-0.3, -0.25) is 9.59 Å². The highest BCUT2D eigenvalue weighted by Crippen LogP contribution is 2.14. The molecule has 0 aromatic heterocycles. The lowest BCUT2D eigenvalue weighted by molar-refractivity contribution is -0.163. The summed E-state index contributed by atoms with van der Waals surface area (Å²) in [4.78, 5) is 25.6. The van der Waals surface area contributed by atoms with E-state index in [0.717, 1.165) is 116 Å². The molecule has 1 unspecified atom stereocenters. The van der Waals surface area contributed by atoms with Gasteiger partial charge in [0.2, 0.25) is 0 Å². The van der Waals surface area contributed by atoms with Gasteiger partial charge < -0.3 is 14.2 Å². The van der Waals surface area contributed by atoms with Crippen LogP contribution in [0.1, 0.15) is 278 Å². The van der Waals surface area contributed by atoms with Gasteiger partial charge in [-0.05, 0) is 128 Å². The van der Waals surface area contributed by atoms with Crippen LogP contribution in [0.15, 0.2) is 109 Å². The van der Waals surface area contributed by atoms with Crippen molar-refractivity contribution in [1.82, 2.24) is 0 Å². The molecule has 0 radical (unpaired) electrons. The molecule has 5 nitrogen and oxygen atoms in total. The fourth-order valence-corrected chi connectivity index (χ4v) is 8.24. The topological polar surface area (TPSA) is 61.8 Å². The van der Waals surface area contributed by atoms with E-state index < -0.39 is 6.10 Å². The van der Waals surface area contributed by atoms with Crippen LogP contribution in [0.25, 0.3) is 0 Å². The van der Waals surface area contributed by atoms with E-state index in [1.807, 2.05) is 0 Å². The number of rotatable bonds is 55. The number of ether oxygens (including phenoxy) is 3. The normalized spacial score (nSPS) is 13.0. The van der Waals surface area contributed by atoms with Gasteiger partial charge in [-0.1, -0.05) is 246 Å². The molecule has 0 fully saturated rings. The number of carbonyl (C=O) groups excluding carboxylic acids is 2. The molecule has 0 saturated heterocycles. The maximum atomic E-state index is 12.9. The minimum atomic E-state index is -0.565. The minimum Gasteiger partial charge on any atom is -0.462 e. The van der Waals surface area contributed by atoms with Gasteiger partial charge in [0.05, 0.1) is 6.61 Å². The number of unbranched alkanes of at least 4 members (excludes halogenated alkanes) is 26. The predicted octanol–water partition coefficient (Wildman–Crippen LogP) is 21.1. The fourth-order valence-electron chi connectivity index (χ4n) is 8.24. The van der Waals surface area contributed by atoms with E-state index in [0.29, 0.717) is 19.4 Å². The minimum absolute atomic E-state index is 0.0620. The Morgan fingerprint density at radius 3 is 1.00 bits per heavy atom. The Labute approximate surface area is 446 Å². The standard InChI is InChI=1S/C67H114O5/c1-4-7-10-13-16-19-22-25-28-31-33-35-38-41-44-47-50-53-56-59-62-70-63-65(72-67(69)61-58-55-52-49-46-43-40-36-30-27-24-21-18-15-12-9-6-3)64-71-66(68)60-57-54-51-48-45-42-39-37-34-32-29-26-23-20-17-14-11-8-5-2/h9,12,16-21,25-30,34,37,40,43,65H,4-8,10-11,13-15,22-24,31-33,35-36,38-39,41-42,44-64H2,1-3H3/b12-9-,19-16-,20-17-,21-18-,28-25-,29-26-,30-27-,37-34-,43-40-. The Bertz CT molecular complexity index is 1410. The summed E-state index contributed by atoms with van der Waals surface area (Å²) in [5, 5.41) is 0. The third-order valence-corrected chi connectivity index (χ3v) is 12.8. The van der Waals surface area contributed by atoms with Crippen molar-refractivity contribution in [3.05, 3.63) is 109 Å². The predicted molar refractivity (Wildman–Crippen MR) is 316 cm³/mol. The van der Waals surface area contributed by atoms with E-state index in [-0.39, 0.29) is 25.2 Å². The molecule has 1 atom stereocenters. The second-order valence-electron chi connectivity index (χ2n) is 19.9. The third-order valence-electron chi connectivity index (χ3n) is 12.8. The fraction of sp³-hybridized carbons (Fsp3) is 0.701. The second kappa shape index (κ2) is 61.9. The summed E-state index contributed by atoms with van der Waals surface area (Å²) < 4.78 is 17.5. The zero-order valence-corrected chi connectivity index (χ0v) is 47.4. The summed E-state index contributed by atoms with van der Waals surface area (Å²) >= 11 is 0. The molecule has 0 aliphatic heterocycles. The molecule has 5 heteroatoms. The van der Waals surface area contributed by atoms with Crippen molar-refractivity contribution in [3.63, 3.8) is 0 Å². The molecular weight excluding hydrogens is 885 g/mol. The van der Waals surface area contributed by atoms with E-state index in [1.165, 1.54) is 128 Å². The Hall–Kier alpha value is -3.44. The van der Waals surface area contributed by atoms with Gasteiger partial charge in [0.15, 0.2) is 6.10 Å². The van der Waals surface area contributed by atoms with Crippen LogP contribution in [-0.4, -0.2) is 37.9 Å². The molecule has 0 saturated carbocycles. The molecule has 412 valence electrons. The van der Waals surface area contributed by atoms with Gasteiger partial charge in [0, 0.05) is 19.4 Å². The molecule has 72 heavy (non-hydrogen) atoms. The summed E-state index contributed by atoms with van der Waals surface area (Å²) in [7, 11) is 0. The van der Waals surface area contributed by atoms with E-state index >= 15 is 0 Å². The molecule has 0 aliphatic rings. The monoisotopic (exact) mass is 999 g/mol. The lowest BCUT2D eigenvalue weighted by atomic mass is 10.1. The van der Waals surface area contributed by atoms with E-state index in [1.54, 1.807) is 0 Å². The third kappa shape index (κ3) is 59.1. The first kappa shape index (κ1) is 68.6. The molecule has 0 heterocycles. The van der Waals surface area contributed by atoms with Crippen LogP contribution in [0.3, 0.4) is 0 Å². The van der Waals surface area contributed by atoms with E-state index in [2.05, 4.69) is 130 Å². The largest absolute Gasteiger partial charge is 0.462 e. The summed E-state index contributed by atoms with van der Waals surface area (Å²) in [5.41, 5.74) is 0. The van der Waals surface area contributed by atoms with Gasteiger partial charge in [0.25, 0.3) is 0 Å². The Morgan fingerprint density at radius 1 is 0.319 bits per heavy atom. The lowest BCUT2D eigenvalue weighted by Gasteiger charge is -2.18. The quantitative estimate of drug-likeness (QED) is 0.0345. The van der Waals surface area contributed by atoms with Crippen molar-refractivity contribution in [2.45, 2.75) is 284 Å². The Kier molecular flexibility index (Phi) is 58.9. The number of carbonyl (C=O) groups is 2. The van der Waals surface area contributed by atoms with Crippen molar-refractivity contribution in [3.8, 4) is 0 Å². The van der Waals surface area contributed by atoms with E-state index in [4.69, 9.17) is 14.2 Å². The first-order valence-corrected chi connectivity index (χ1v) is 30.4. The Morgan fingerprint density at radius 2 is 0.625 bits per heavy atom. The highest BCUT2D eigenvalue weighted by Gasteiger charge is 2.17. The van der Waals surface area contributed by atoms with Gasteiger partial charge in [0.1, 0.15) is 6.61 Å². The molecule has 0 aromatic rings. The van der Waals surface area contributed by atoms with Crippen molar-refractivity contribution < 1.29 is 23.8 Å². The van der Waals surface area contributed by atoms with Crippen molar-refractivity contribution in [2.75, 3.05) is 19.8 Å². The van der Waals surface area contributed by atoms with Crippen LogP contribution in [-0.2, 0) is 23.8 Å². The SMILES string of the molecule is CC/C=C\C/C=C\C/C=C\C/C=C\CCCCCCC(=O)OC(COCCCCCCCCCCCC/C=C\C/C=C\CCCCC)COC(=O)CCCCCCCC/C=C\C/C=C\C/C=C\CCCCC. The lowest BCUT2D eigenvalue weighted by Crippen LogP contribution is -2.30. The molecule has 0 aliphatic carbocycles. The highest BCUT2D eigenvalue weighted by atomic mass is 16.6. The molecule has 0 N–H and O–H groups in total. The first-order chi connectivity index (χ1) is 35.6. The molecule has 0 amide bonds. The van der Waals surface area contributed by atoms with Crippen LogP contribution >= 0.6 is 0 Å². The molecule has 0 rings (SSSR count). The van der Waals surface area contributed by atoms with E-state index in [9.17, 15) is 9.59 Å². The number of hydrogen-bond acceptors (Lipinski definition) is 5. The van der Waals surface area contributed by atoms with Gasteiger partial charge in [-0.2, -0.15) is 0 Å². The molecule has 0 spiro atoms. The average molecular weight is 1000 g/mol. The van der Waals surface area contributed by atoms with Crippen LogP contribution in [0.5, 0.6) is 0 Å². The van der Waals surface area contributed by atoms with Crippen LogP contribution < -0.4 is 0 Å². The summed E-state index contributed by atoms with van der Waals surface area (Å²) in [6, 6.07) is 0. The number of esters is 2. The summed E-state index contributed by atoms with van der Waals surface area (Å²) in [5.74, 6) is -0.439. The average Bonchev–Trinajstić information content (AvgIpc) is 3.38. The van der Waals surface area contributed by atoms with Gasteiger partial charge in [-0.25, -0.2) is 0 Å². The van der Waals surface area contributed by atoms with Crippen LogP contribution in [0, 0.1) is 0 Å². The smallest absolute Gasteiger partial charge is 0.306 e. The molecule has 0 aromatic carbocycles. The summed E-state index contributed by atoms with van der Waals surface area (Å²) in [6.45, 7) is 7.63. The van der Waals surface area contributed by atoms with Gasteiger partial charge in [-0.15, -0.1) is 0 Å². The number of hydrogen-bond donors (Lipinski definition) is 0. The Balaban J connectivity index is 4.36. The van der Waals surface area contributed by atoms with Crippen LogP contribution in [0.4, 0.5) is 0 Å². The van der Waals surface area contributed by atoms with Gasteiger partial charge >= 0.3 is 11.9 Å². The second-order valence-corrected chi connectivity index (χ2v) is 19.9. The van der Waals surface area contributed by atoms with Crippen LogP contribution in [0.2, 0.25) is 0 Å². The van der Waals surface area contributed by atoms with Crippen molar-refractivity contribution in [2.24, 2.45) is 0 Å². The highest BCUT2D eigenvalue weighted by molar-refractivity contribution is 5.70. The van der Waals surface area contributed by atoms with Crippen molar-refractivity contribution in [1.29, 1.82) is 0 Å². The maximum absolute atomic E-state index is 12.9. The summed E-state index contributed by atoms with van der Waals surface area (Å²) in [6.07, 6.45) is 85.4. The molecular formula is C67H114O5. The zero-order chi connectivity index (χ0) is 52.0. The maximum Gasteiger partial charge on any atom is 0.306 e. The number of allylic oxidation sites excluding steroid dienone is 18. The van der Waals surface area contributed by atoms with Crippen molar-refractivity contribution >= 4 is 11.9 Å².